The topological polar surface area (TPSA) is 76.0 Å². The number of carbonyl (C=O) groups excluding carboxylic acids is 1. The van der Waals surface area contributed by atoms with Gasteiger partial charge in [-0.3, -0.25) is 4.90 Å². The van der Waals surface area contributed by atoms with Crippen molar-refractivity contribution < 1.29 is 17.9 Å². The van der Waals surface area contributed by atoms with Crippen LogP contribution in [0, 0.1) is 0 Å². The fourth-order valence-electron chi connectivity index (χ4n) is 2.25. The van der Waals surface area contributed by atoms with E-state index in [1.165, 1.54) is 4.90 Å². The summed E-state index contributed by atoms with van der Waals surface area (Å²) in [6, 6.07) is 0. The van der Waals surface area contributed by atoms with E-state index in [2.05, 4.69) is 4.99 Å². The van der Waals surface area contributed by atoms with E-state index in [1.807, 2.05) is 13.0 Å². The number of aliphatic imine (C=N–C) groups is 1. The number of amidine groups is 1. The smallest absolute Gasteiger partial charge is 0.415 e. The van der Waals surface area contributed by atoms with Gasteiger partial charge in [-0.05, 0) is 25.3 Å². The van der Waals surface area contributed by atoms with Crippen molar-refractivity contribution in [1.29, 1.82) is 0 Å². The number of carbonyl (C=O) groups is 1. The molecule has 0 aromatic rings. The molecule has 0 unspecified atom stereocenters. The van der Waals surface area contributed by atoms with Crippen molar-refractivity contribution in [1.82, 2.24) is 4.90 Å². The Balaban J connectivity index is 2.60. The highest BCUT2D eigenvalue weighted by Crippen LogP contribution is 2.27. The zero-order valence-corrected chi connectivity index (χ0v) is 12.7. The lowest BCUT2D eigenvalue weighted by molar-refractivity contribution is 0.125. The van der Waals surface area contributed by atoms with E-state index in [-0.39, 0.29) is 11.6 Å². The van der Waals surface area contributed by atoms with Crippen LogP contribution in [0.15, 0.2) is 27.2 Å². The summed E-state index contributed by atoms with van der Waals surface area (Å²) in [6.07, 6.45) is 3.66. The Kier molecular flexibility index (Phi) is 3.99. The van der Waals surface area contributed by atoms with Crippen LogP contribution in [0.25, 0.3) is 0 Å². The first-order chi connectivity index (χ1) is 9.38. The van der Waals surface area contributed by atoms with E-state index in [1.54, 1.807) is 6.92 Å². The second-order valence-corrected chi connectivity index (χ2v) is 6.63. The van der Waals surface area contributed by atoms with E-state index >= 15 is 0 Å². The average Bonchev–Trinajstić information content (AvgIpc) is 2.57. The van der Waals surface area contributed by atoms with E-state index in [0.29, 0.717) is 25.2 Å². The van der Waals surface area contributed by atoms with Crippen LogP contribution in [0.4, 0.5) is 4.79 Å². The van der Waals surface area contributed by atoms with Crippen molar-refractivity contribution in [2.45, 2.75) is 26.7 Å². The average molecular weight is 298 g/mol. The predicted molar refractivity (Wildman–Crippen MR) is 76.0 cm³/mol. The molecule has 20 heavy (non-hydrogen) atoms. The Labute approximate surface area is 118 Å². The van der Waals surface area contributed by atoms with Crippen LogP contribution in [0.1, 0.15) is 26.7 Å². The highest BCUT2D eigenvalue weighted by atomic mass is 32.2. The summed E-state index contributed by atoms with van der Waals surface area (Å²) < 4.78 is 28.9. The van der Waals surface area contributed by atoms with Crippen LogP contribution in [0.3, 0.4) is 0 Å². The molecule has 7 heteroatoms. The zero-order chi connectivity index (χ0) is 14.9. The van der Waals surface area contributed by atoms with Gasteiger partial charge in [0.15, 0.2) is 14.9 Å². The Hall–Kier alpha value is -1.63. The number of hydrogen-bond donors (Lipinski definition) is 0. The maximum atomic E-state index is 11.9. The molecule has 0 aliphatic carbocycles. The molecule has 1 amide bonds. The number of rotatable bonds is 3. The number of fused-ring (bicyclic) bond motifs is 1. The number of ether oxygens (including phenoxy) is 1. The van der Waals surface area contributed by atoms with Gasteiger partial charge in [0.05, 0.1) is 0 Å². The SMILES string of the molecule is CCC1=C(S(C)(=O)=O)N=C2C(=CC1)COC(=O)N2CC. The first kappa shape index (κ1) is 14.8. The van der Waals surface area contributed by atoms with Crippen LogP contribution < -0.4 is 0 Å². The fourth-order valence-corrected chi connectivity index (χ4v) is 3.26. The van der Waals surface area contributed by atoms with Crippen LogP contribution in [-0.2, 0) is 14.6 Å². The summed E-state index contributed by atoms with van der Waals surface area (Å²) in [5.74, 6) is 0.396. The van der Waals surface area contributed by atoms with Gasteiger partial charge in [-0.2, -0.15) is 0 Å². The van der Waals surface area contributed by atoms with Crippen LogP contribution in [0.5, 0.6) is 0 Å². The molecule has 1 saturated heterocycles. The fraction of sp³-hybridized carbons (Fsp3) is 0.538. The zero-order valence-electron chi connectivity index (χ0n) is 11.8. The molecule has 110 valence electrons. The minimum atomic E-state index is -3.43. The van der Waals surface area contributed by atoms with Gasteiger partial charge in [-0.15, -0.1) is 0 Å². The molecule has 2 aliphatic rings. The molecule has 0 N–H and O–H groups in total. The summed E-state index contributed by atoms with van der Waals surface area (Å²) in [4.78, 5) is 17.4. The molecule has 0 atom stereocenters. The number of likely N-dealkylation sites (N-methyl/N-ethyl adjacent to an activating group) is 1. The van der Waals surface area contributed by atoms with Gasteiger partial charge < -0.3 is 4.74 Å². The maximum absolute atomic E-state index is 11.9. The van der Waals surface area contributed by atoms with Crippen LogP contribution in [0.2, 0.25) is 0 Å². The van der Waals surface area contributed by atoms with E-state index in [4.69, 9.17) is 4.74 Å². The summed E-state index contributed by atoms with van der Waals surface area (Å²) in [5.41, 5.74) is 1.52. The summed E-state index contributed by atoms with van der Waals surface area (Å²) in [6.45, 7) is 4.21. The van der Waals surface area contributed by atoms with Gasteiger partial charge in [0.1, 0.15) is 12.4 Å². The number of hydrogen-bond acceptors (Lipinski definition) is 5. The minimum absolute atomic E-state index is 0.0781. The number of allylic oxidation sites excluding steroid dienone is 2. The summed E-state index contributed by atoms with van der Waals surface area (Å²) >= 11 is 0. The first-order valence-corrected chi connectivity index (χ1v) is 8.42. The normalized spacial score (nSPS) is 19.9. The van der Waals surface area contributed by atoms with Crippen molar-refractivity contribution in [3.05, 3.63) is 22.3 Å². The molecule has 0 aromatic heterocycles. The quantitative estimate of drug-likeness (QED) is 0.797. The third kappa shape index (κ3) is 2.63. The number of nitrogens with zero attached hydrogens (tertiary/aromatic N) is 2. The molecule has 0 bridgehead atoms. The number of cyclic esters (lactones) is 1. The molecular formula is C13H18N2O4S. The van der Waals surface area contributed by atoms with Crippen molar-refractivity contribution in [3.63, 3.8) is 0 Å². The third-order valence-corrected chi connectivity index (χ3v) is 4.40. The molecule has 1 fully saturated rings. The Morgan fingerprint density at radius 1 is 1.40 bits per heavy atom. The van der Waals surface area contributed by atoms with E-state index in [0.717, 1.165) is 17.4 Å². The summed E-state index contributed by atoms with van der Waals surface area (Å²) in [5, 5.41) is 0.0781. The van der Waals surface area contributed by atoms with Crippen LogP contribution in [-0.4, -0.2) is 44.7 Å². The van der Waals surface area contributed by atoms with Crippen molar-refractivity contribution in [2.24, 2.45) is 4.99 Å². The van der Waals surface area contributed by atoms with Crippen molar-refractivity contribution in [3.8, 4) is 0 Å². The maximum Gasteiger partial charge on any atom is 0.415 e. The van der Waals surface area contributed by atoms with Gasteiger partial charge in [0.25, 0.3) is 0 Å². The molecule has 2 aliphatic heterocycles. The van der Waals surface area contributed by atoms with Crippen molar-refractivity contribution >= 4 is 21.8 Å². The lowest BCUT2D eigenvalue weighted by atomic mass is 10.1. The molecule has 0 spiro atoms. The molecule has 2 rings (SSSR count). The van der Waals surface area contributed by atoms with Crippen molar-refractivity contribution in [2.75, 3.05) is 19.4 Å². The largest absolute Gasteiger partial charge is 0.444 e. The standard InChI is InChI=1S/C13H18N2O4S/c1-4-9-6-7-10-8-19-13(16)15(5-2)11(10)14-12(9)20(3,17)18/h7H,4-6,8H2,1-3H3. The predicted octanol–water partition coefficient (Wildman–Crippen LogP) is 1.85. The monoisotopic (exact) mass is 298 g/mol. The third-order valence-electron chi connectivity index (χ3n) is 3.31. The highest BCUT2D eigenvalue weighted by molar-refractivity contribution is 7.94. The lowest BCUT2D eigenvalue weighted by Crippen LogP contribution is -2.43. The molecule has 0 radical (unpaired) electrons. The van der Waals surface area contributed by atoms with Gasteiger partial charge in [0.2, 0.25) is 0 Å². The Morgan fingerprint density at radius 2 is 2.10 bits per heavy atom. The number of sulfone groups is 1. The Morgan fingerprint density at radius 3 is 2.65 bits per heavy atom. The minimum Gasteiger partial charge on any atom is -0.444 e. The highest BCUT2D eigenvalue weighted by Gasteiger charge is 2.31. The van der Waals surface area contributed by atoms with E-state index in [9.17, 15) is 13.2 Å². The summed E-state index contributed by atoms with van der Waals surface area (Å²) in [7, 11) is -3.43. The van der Waals surface area contributed by atoms with Gasteiger partial charge in [-0.25, -0.2) is 18.2 Å². The lowest BCUT2D eigenvalue weighted by Gasteiger charge is -2.28. The number of amides is 1. The molecule has 2 heterocycles. The molecule has 0 aromatic carbocycles. The van der Waals surface area contributed by atoms with E-state index < -0.39 is 15.9 Å². The molecule has 6 nitrogen and oxygen atoms in total. The second kappa shape index (κ2) is 5.40. The molecular weight excluding hydrogens is 280 g/mol. The molecule has 0 saturated carbocycles. The van der Waals surface area contributed by atoms with Gasteiger partial charge in [-0.1, -0.05) is 13.0 Å². The first-order valence-electron chi connectivity index (χ1n) is 6.53. The van der Waals surface area contributed by atoms with Gasteiger partial charge >= 0.3 is 6.09 Å². The van der Waals surface area contributed by atoms with Crippen LogP contribution >= 0.6 is 0 Å². The van der Waals surface area contributed by atoms with Gasteiger partial charge in [0, 0.05) is 18.4 Å². The Bertz CT molecular complexity index is 629. The second-order valence-electron chi connectivity index (χ2n) is 4.70.